The third kappa shape index (κ3) is 3.02. The van der Waals surface area contributed by atoms with Crippen molar-refractivity contribution in [2.24, 2.45) is 11.3 Å². The van der Waals surface area contributed by atoms with Crippen molar-refractivity contribution in [3.63, 3.8) is 0 Å². The van der Waals surface area contributed by atoms with Gasteiger partial charge in [-0.05, 0) is 25.2 Å². The standard InChI is InChI=1S/C15H24O3/c1-4-8-15(14(16)17)9-6-12(5-2)11-13(15)7-10-18-3/h6,9,11,13H,4-5,7-8,10H2,1-3H3,(H,16,17). The van der Waals surface area contributed by atoms with Crippen molar-refractivity contribution in [1.29, 1.82) is 0 Å². The summed E-state index contributed by atoms with van der Waals surface area (Å²) >= 11 is 0. The number of carboxylic acid groups (broad SMARTS) is 1. The molecule has 3 heteroatoms. The lowest BCUT2D eigenvalue weighted by Gasteiger charge is -2.36. The molecule has 0 radical (unpaired) electrons. The van der Waals surface area contributed by atoms with Gasteiger partial charge in [-0.3, -0.25) is 4.79 Å². The van der Waals surface area contributed by atoms with Crippen LogP contribution in [0, 0.1) is 11.3 Å². The number of methoxy groups -OCH3 is 1. The van der Waals surface area contributed by atoms with Crippen molar-refractivity contribution in [1.82, 2.24) is 0 Å². The van der Waals surface area contributed by atoms with Crippen LogP contribution in [0.4, 0.5) is 0 Å². The fraction of sp³-hybridized carbons (Fsp3) is 0.667. The molecular weight excluding hydrogens is 228 g/mol. The van der Waals surface area contributed by atoms with Crippen molar-refractivity contribution in [2.45, 2.75) is 39.5 Å². The first-order valence-corrected chi connectivity index (χ1v) is 6.73. The Morgan fingerprint density at radius 1 is 1.50 bits per heavy atom. The summed E-state index contributed by atoms with van der Waals surface area (Å²) in [5, 5.41) is 9.63. The lowest BCUT2D eigenvalue weighted by Crippen LogP contribution is -2.38. The number of carboxylic acids is 1. The third-order valence-corrected chi connectivity index (χ3v) is 3.77. The molecule has 0 aromatic carbocycles. The predicted molar refractivity (Wildman–Crippen MR) is 72.5 cm³/mol. The molecule has 1 aliphatic carbocycles. The summed E-state index contributed by atoms with van der Waals surface area (Å²) in [5.41, 5.74) is 0.482. The molecule has 0 bridgehead atoms. The summed E-state index contributed by atoms with van der Waals surface area (Å²) in [7, 11) is 1.66. The van der Waals surface area contributed by atoms with Gasteiger partial charge < -0.3 is 9.84 Å². The lowest BCUT2D eigenvalue weighted by atomic mass is 9.67. The fourth-order valence-corrected chi connectivity index (χ4v) is 2.68. The van der Waals surface area contributed by atoms with E-state index in [-0.39, 0.29) is 5.92 Å². The Labute approximate surface area is 110 Å². The highest BCUT2D eigenvalue weighted by Crippen LogP contribution is 2.42. The Bertz CT molecular complexity index is 344. The summed E-state index contributed by atoms with van der Waals surface area (Å²) in [6.07, 6.45) is 9.27. The van der Waals surface area contributed by atoms with E-state index in [9.17, 15) is 9.90 Å². The number of hydrogen-bond donors (Lipinski definition) is 1. The van der Waals surface area contributed by atoms with Gasteiger partial charge in [0.15, 0.2) is 0 Å². The minimum absolute atomic E-state index is 0.0369. The van der Waals surface area contributed by atoms with Gasteiger partial charge in [0.05, 0.1) is 5.41 Å². The summed E-state index contributed by atoms with van der Waals surface area (Å²) in [6, 6.07) is 0. The molecule has 3 nitrogen and oxygen atoms in total. The van der Waals surface area contributed by atoms with Gasteiger partial charge in [0, 0.05) is 13.7 Å². The molecule has 0 fully saturated rings. The largest absolute Gasteiger partial charge is 0.481 e. The van der Waals surface area contributed by atoms with Gasteiger partial charge in [-0.25, -0.2) is 0 Å². The molecule has 0 aromatic rings. The SMILES string of the molecule is CCCC1(C(=O)O)C=CC(CC)=CC1CCOC. The van der Waals surface area contributed by atoms with Crippen LogP contribution in [0.25, 0.3) is 0 Å². The molecule has 18 heavy (non-hydrogen) atoms. The van der Waals surface area contributed by atoms with Crippen molar-refractivity contribution in [3.8, 4) is 0 Å². The van der Waals surface area contributed by atoms with Crippen molar-refractivity contribution < 1.29 is 14.6 Å². The molecule has 0 aliphatic heterocycles. The second kappa shape index (κ2) is 6.74. The van der Waals surface area contributed by atoms with E-state index >= 15 is 0 Å². The number of rotatable bonds is 7. The van der Waals surface area contributed by atoms with E-state index in [1.807, 2.05) is 19.1 Å². The Morgan fingerprint density at radius 2 is 2.22 bits per heavy atom. The van der Waals surface area contributed by atoms with Gasteiger partial charge in [0.1, 0.15) is 0 Å². The number of ether oxygens (including phenoxy) is 1. The highest BCUT2D eigenvalue weighted by atomic mass is 16.5. The Hall–Kier alpha value is -1.09. The second-order valence-electron chi connectivity index (χ2n) is 4.91. The van der Waals surface area contributed by atoms with Crippen LogP contribution >= 0.6 is 0 Å². The molecule has 0 aromatic heterocycles. The van der Waals surface area contributed by atoms with Crippen LogP contribution in [-0.4, -0.2) is 24.8 Å². The van der Waals surface area contributed by atoms with Crippen LogP contribution in [-0.2, 0) is 9.53 Å². The maximum Gasteiger partial charge on any atom is 0.314 e. The Balaban J connectivity index is 3.02. The molecule has 1 aliphatic rings. The lowest BCUT2D eigenvalue weighted by molar-refractivity contribution is -0.149. The van der Waals surface area contributed by atoms with E-state index in [2.05, 4.69) is 13.0 Å². The highest BCUT2D eigenvalue weighted by Gasteiger charge is 2.43. The molecule has 0 saturated heterocycles. The highest BCUT2D eigenvalue weighted by molar-refractivity contribution is 5.78. The smallest absolute Gasteiger partial charge is 0.314 e. The zero-order chi connectivity index (χ0) is 13.6. The molecule has 1 N–H and O–H groups in total. The molecule has 0 spiro atoms. The van der Waals surface area contributed by atoms with Gasteiger partial charge in [-0.15, -0.1) is 0 Å². The molecule has 2 atom stereocenters. The normalized spacial score (nSPS) is 27.1. The first-order valence-electron chi connectivity index (χ1n) is 6.73. The Kier molecular flexibility index (Phi) is 5.60. The van der Waals surface area contributed by atoms with E-state index in [0.29, 0.717) is 13.0 Å². The minimum atomic E-state index is -0.744. The second-order valence-corrected chi connectivity index (χ2v) is 4.91. The van der Waals surface area contributed by atoms with Crippen LogP contribution in [0.15, 0.2) is 23.8 Å². The monoisotopic (exact) mass is 252 g/mol. The molecule has 102 valence electrons. The van der Waals surface area contributed by atoms with Gasteiger partial charge in [-0.2, -0.15) is 0 Å². The van der Waals surface area contributed by atoms with E-state index < -0.39 is 11.4 Å². The third-order valence-electron chi connectivity index (χ3n) is 3.77. The molecule has 0 amide bonds. The van der Waals surface area contributed by atoms with Crippen LogP contribution < -0.4 is 0 Å². The van der Waals surface area contributed by atoms with Crippen LogP contribution in [0.1, 0.15) is 39.5 Å². The minimum Gasteiger partial charge on any atom is -0.481 e. The van der Waals surface area contributed by atoms with E-state index in [0.717, 1.165) is 19.3 Å². The topological polar surface area (TPSA) is 46.5 Å². The number of carbonyl (C=O) groups is 1. The molecule has 0 heterocycles. The van der Waals surface area contributed by atoms with Gasteiger partial charge in [-0.1, -0.05) is 44.1 Å². The predicted octanol–water partition coefficient (Wildman–Crippen LogP) is 3.42. The van der Waals surface area contributed by atoms with E-state index in [1.54, 1.807) is 7.11 Å². The summed E-state index contributed by atoms with van der Waals surface area (Å²) < 4.78 is 5.12. The van der Waals surface area contributed by atoms with Crippen molar-refractivity contribution in [2.75, 3.05) is 13.7 Å². The summed E-state index contributed by atoms with van der Waals surface area (Å²) in [6.45, 7) is 4.73. The average Bonchev–Trinajstić information content (AvgIpc) is 2.37. The number of hydrogen-bond acceptors (Lipinski definition) is 2. The first-order chi connectivity index (χ1) is 8.60. The zero-order valence-electron chi connectivity index (χ0n) is 11.6. The summed E-state index contributed by atoms with van der Waals surface area (Å²) in [5.74, 6) is -0.678. The van der Waals surface area contributed by atoms with Crippen molar-refractivity contribution in [3.05, 3.63) is 23.8 Å². The molecular formula is C15H24O3. The fourth-order valence-electron chi connectivity index (χ4n) is 2.68. The van der Waals surface area contributed by atoms with Gasteiger partial charge in [0.25, 0.3) is 0 Å². The maximum absolute atomic E-state index is 11.7. The van der Waals surface area contributed by atoms with Crippen LogP contribution in [0.5, 0.6) is 0 Å². The number of allylic oxidation sites excluding steroid dienone is 3. The number of aliphatic carboxylic acids is 1. The first kappa shape index (κ1) is 15.0. The van der Waals surface area contributed by atoms with Gasteiger partial charge in [0.2, 0.25) is 0 Å². The van der Waals surface area contributed by atoms with Gasteiger partial charge >= 0.3 is 5.97 Å². The average molecular weight is 252 g/mol. The van der Waals surface area contributed by atoms with E-state index in [4.69, 9.17) is 4.74 Å². The maximum atomic E-state index is 11.7. The zero-order valence-corrected chi connectivity index (χ0v) is 11.6. The molecule has 0 saturated carbocycles. The van der Waals surface area contributed by atoms with E-state index in [1.165, 1.54) is 5.57 Å². The van der Waals surface area contributed by atoms with Crippen LogP contribution in [0.2, 0.25) is 0 Å². The molecule has 2 unspecified atom stereocenters. The Morgan fingerprint density at radius 3 is 2.72 bits per heavy atom. The summed E-state index contributed by atoms with van der Waals surface area (Å²) in [4.78, 5) is 11.7. The van der Waals surface area contributed by atoms with Crippen LogP contribution in [0.3, 0.4) is 0 Å². The van der Waals surface area contributed by atoms with Crippen molar-refractivity contribution >= 4 is 5.97 Å². The molecule has 1 rings (SSSR count). The quantitative estimate of drug-likeness (QED) is 0.755.